The third kappa shape index (κ3) is 4.77. The van der Waals surface area contributed by atoms with Crippen LogP contribution < -0.4 is 4.74 Å². The van der Waals surface area contributed by atoms with Crippen LogP contribution in [0.1, 0.15) is 46.6 Å². The smallest absolute Gasteiger partial charge is 0.356 e. The van der Waals surface area contributed by atoms with Gasteiger partial charge in [0.2, 0.25) is 0 Å². The SMILES string of the molecule is O=C(O)c1nc(C2=C(c3cc(Br)ccc3OCc3ccc(F)c(F)c3F)CCC2)ccc1Cl. The Bertz CT molecular complexity index is 1300. The van der Waals surface area contributed by atoms with Crippen LogP contribution in [0.2, 0.25) is 5.02 Å². The van der Waals surface area contributed by atoms with Gasteiger partial charge in [0, 0.05) is 15.6 Å². The van der Waals surface area contributed by atoms with Gasteiger partial charge in [-0.05, 0) is 72.9 Å². The van der Waals surface area contributed by atoms with Gasteiger partial charge in [-0.15, -0.1) is 0 Å². The molecule has 0 saturated carbocycles. The van der Waals surface area contributed by atoms with Gasteiger partial charge >= 0.3 is 5.97 Å². The number of ether oxygens (including phenoxy) is 1. The van der Waals surface area contributed by atoms with E-state index >= 15 is 0 Å². The van der Waals surface area contributed by atoms with Crippen molar-refractivity contribution < 1.29 is 27.8 Å². The van der Waals surface area contributed by atoms with Gasteiger partial charge in [-0.2, -0.15) is 0 Å². The Hall–Kier alpha value is -2.84. The van der Waals surface area contributed by atoms with Gasteiger partial charge in [0.05, 0.1) is 10.7 Å². The Balaban J connectivity index is 1.73. The standard InChI is InChI=1S/C24H16BrClF3NO3/c25-13-5-9-20(33-11-12-4-7-18(27)22(29)21(12)28)16(10-13)14-2-1-3-15(14)19-8-6-17(26)23(30-19)24(31)32/h4-10H,1-3,11H2,(H,31,32). The molecule has 0 spiro atoms. The van der Waals surface area contributed by atoms with Crippen LogP contribution in [0, 0.1) is 17.5 Å². The molecule has 9 heteroatoms. The molecule has 0 atom stereocenters. The number of benzene rings is 2. The fourth-order valence-corrected chi connectivity index (χ4v) is 4.33. The molecular weight excluding hydrogens is 523 g/mol. The normalized spacial score (nSPS) is 13.5. The maximum atomic E-state index is 14.1. The fourth-order valence-electron chi connectivity index (χ4n) is 3.78. The molecule has 1 aliphatic rings. The first-order valence-corrected chi connectivity index (χ1v) is 11.1. The second-order valence-corrected chi connectivity index (χ2v) is 8.73. The highest BCUT2D eigenvalue weighted by atomic mass is 79.9. The van der Waals surface area contributed by atoms with Crippen molar-refractivity contribution in [1.29, 1.82) is 0 Å². The van der Waals surface area contributed by atoms with Crippen LogP contribution in [0.3, 0.4) is 0 Å². The minimum Gasteiger partial charge on any atom is -0.488 e. The van der Waals surface area contributed by atoms with Crippen molar-refractivity contribution in [2.45, 2.75) is 25.9 Å². The van der Waals surface area contributed by atoms with Crippen molar-refractivity contribution in [2.24, 2.45) is 0 Å². The number of hydrogen-bond acceptors (Lipinski definition) is 3. The molecule has 33 heavy (non-hydrogen) atoms. The quantitative estimate of drug-likeness (QED) is 0.335. The lowest BCUT2D eigenvalue weighted by Crippen LogP contribution is -2.05. The van der Waals surface area contributed by atoms with Crippen LogP contribution in [0.15, 0.2) is 46.9 Å². The largest absolute Gasteiger partial charge is 0.488 e. The molecule has 3 aromatic rings. The maximum Gasteiger partial charge on any atom is 0.356 e. The highest BCUT2D eigenvalue weighted by molar-refractivity contribution is 9.10. The molecule has 1 aliphatic carbocycles. The van der Waals surface area contributed by atoms with Gasteiger partial charge in [-0.25, -0.2) is 22.9 Å². The summed E-state index contributed by atoms with van der Waals surface area (Å²) >= 11 is 9.41. The molecule has 1 aromatic heterocycles. The Labute approximate surface area is 200 Å². The van der Waals surface area contributed by atoms with E-state index in [-0.39, 0.29) is 22.9 Å². The molecule has 0 radical (unpaired) electrons. The Morgan fingerprint density at radius 3 is 2.58 bits per heavy atom. The summed E-state index contributed by atoms with van der Waals surface area (Å²) in [5.74, 6) is -4.90. The molecule has 4 rings (SSSR count). The molecule has 0 bridgehead atoms. The second-order valence-electron chi connectivity index (χ2n) is 7.41. The van der Waals surface area contributed by atoms with Gasteiger partial charge in [0.1, 0.15) is 12.4 Å². The Morgan fingerprint density at radius 2 is 1.82 bits per heavy atom. The zero-order valence-corrected chi connectivity index (χ0v) is 19.3. The van der Waals surface area contributed by atoms with Gasteiger partial charge in [0.15, 0.2) is 23.1 Å². The van der Waals surface area contributed by atoms with Crippen molar-refractivity contribution >= 4 is 44.6 Å². The van der Waals surface area contributed by atoms with Crippen molar-refractivity contribution in [3.8, 4) is 5.75 Å². The highest BCUT2D eigenvalue weighted by Gasteiger charge is 2.24. The lowest BCUT2D eigenvalue weighted by molar-refractivity contribution is 0.0690. The number of carbonyl (C=O) groups is 1. The van der Waals surface area contributed by atoms with Crippen LogP contribution >= 0.6 is 27.5 Å². The van der Waals surface area contributed by atoms with E-state index in [9.17, 15) is 23.1 Å². The summed E-state index contributed by atoms with van der Waals surface area (Å²) in [5.41, 5.74) is 2.64. The lowest BCUT2D eigenvalue weighted by atomic mass is 9.99. The third-order valence-electron chi connectivity index (χ3n) is 5.34. The van der Waals surface area contributed by atoms with E-state index in [4.69, 9.17) is 16.3 Å². The average Bonchev–Trinajstić information content (AvgIpc) is 3.27. The molecule has 0 saturated heterocycles. The summed E-state index contributed by atoms with van der Waals surface area (Å²) in [6.07, 6.45) is 2.18. The number of pyridine rings is 1. The van der Waals surface area contributed by atoms with E-state index in [0.29, 0.717) is 29.8 Å². The predicted molar refractivity (Wildman–Crippen MR) is 122 cm³/mol. The van der Waals surface area contributed by atoms with Crippen molar-refractivity contribution in [3.05, 3.63) is 91.9 Å². The summed E-state index contributed by atoms with van der Waals surface area (Å²) in [6, 6.07) is 10.4. The highest BCUT2D eigenvalue weighted by Crippen LogP contribution is 2.43. The first-order chi connectivity index (χ1) is 15.8. The van der Waals surface area contributed by atoms with Crippen LogP contribution in [-0.2, 0) is 6.61 Å². The second kappa shape index (κ2) is 9.57. The van der Waals surface area contributed by atoms with E-state index in [1.54, 1.807) is 18.2 Å². The van der Waals surface area contributed by atoms with Crippen molar-refractivity contribution in [3.63, 3.8) is 0 Å². The molecule has 0 fully saturated rings. The number of allylic oxidation sites excluding steroid dienone is 2. The third-order valence-corrected chi connectivity index (χ3v) is 6.14. The van der Waals surface area contributed by atoms with Crippen LogP contribution in [0.25, 0.3) is 11.1 Å². The van der Waals surface area contributed by atoms with E-state index in [1.165, 1.54) is 6.07 Å². The van der Waals surface area contributed by atoms with Gasteiger partial charge < -0.3 is 9.84 Å². The Kier molecular flexibility index (Phi) is 6.76. The number of carboxylic acids is 1. The minimum absolute atomic E-state index is 0.0476. The van der Waals surface area contributed by atoms with E-state index in [0.717, 1.165) is 34.2 Å². The number of halogens is 5. The summed E-state index contributed by atoms with van der Waals surface area (Å²) in [5, 5.41) is 9.41. The predicted octanol–water partition coefficient (Wildman–Crippen LogP) is 7.29. The average molecular weight is 539 g/mol. The maximum absolute atomic E-state index is 14.1. The minimum atomic E-state index is -1.55. The number of nitrogens with zero attached hydrogens (tertiary/aromatic N) is 1. The van der Waals surface area contributed by atoms with Crippen molar-refractivity contribution in [2.75, 3.05) is 0 Å². The van der Waals surface area contributed by atoms with Gasteiger partial charge in [0.25, 0.3) is 0 Å². The van der Waals surface area contributed by atoms with Crippen LogP contribution in [-0.4, -0.2) is 16.1 Å². The Morgan fingerprint density at radius 1 is 1.06 bits per heavy atom. The zero-order chi connectivity index (χ0) is 23.7. The first-order valence-electron chi connectivity index (χ1n) is 9.93. The fraction of sp³-hybridized carbons (Fsp3) is 0.167. The van der Waals surface area contributed by atoms with Gasteiger partial charge in [-0.3, -0.25) is 0 Å². The number of hydrogen-bond donors (Lipinski definition) is 1. The first kappa shape index (κ1) is 23.3. The summed E-state index contributed by atoms with van der Waals surface area (Å²) in [4.78, 5) is 15.7. The molecule has 1 N–H and O–H groups in total. The molecule has 4 nitrogen and oxygen atoms in total. The topological polar surface area (TPSA) is 59.4 Å². The summed E-state index contributed by atoms with van der Waals surface area (Å²) in [7, 11) is 0. The van der Waals surface area contributed by atoms with Crippen LogP contribution in [0.4, 0.5) is 13.2 Å². The molecule has 2 aromatic carbocycles. The molecule has 0 amide bonds. The van der Waals surface area contributed by atoms with E-state index < -0.39 is 23.4 Å². The molecule has 0 unspecified atom stereocenters. The lowest BCUT2D eigenvalue weighted by Gasteiger charge is -2.15. The molecule has 170 valence electrons. The molecule has 1 heterocycles. The van der Waals surface area contributed by atoms with E-state index in [1.807, 2.05) is 6.07 Å². The summed E-state index contributed by atoms with van der Waals surface area (Å²) in [6.45, 7) is -0.303. The zero-order valence-electron chi connectivity index (χ0n) is 17.0. The number of aromatic carboxylic acids is 1. The van der Waals surface area contributed by atoms with Gasteiger partial charge in [-0.1, -0.05) is 27.5 Å². The summed E-state index contributed by atoms with van der Waals surface area (Å²) < 4.78 is 47.5. The number of rotatable bonds is 6. The van der Waals surface area contributed by atoms with Crippen LogP contribution in [0.5, 0.6) is 5.75 Å². The van der Waals surface area contributed by atoms with E-state index in [2.05, 4.69) is 20.9 Å². The number of aromatic nitrogens is 1. The molecular formula is C24H16BrClF3NO3. The monoisotopic (exact) mass is 537 g/mol. The van der Waals surface area contributed by atoms with Crippen molar-refractivity contribution in [1.82, 2.24) is 4.98 Å². The number of carboxylic acid groups (broad SMARTS) is 1. The molecule has 0 aliphatic heterocycles.